The molecular formula is C23H21N. The van der Waals surface area contributed by atoms with Gasteiger partial charge in [-0.25, -0.2) is 0 Å². The Hall–Kier alpha value is -3.06. The smallest absolute Gasteiger partial charge is 0.0386 e. The Morgan fingerprint density at radius 2 is 1.46 bits per heavy atom. The van der Waals surface area contributed by atoms with Crippen LogP contribution in [0.3, 0.4) is 0 Å². The van der Waals surface area contributed by atoms with E-state index in [0.717, 1.165) is 5.69 Å². The second-order valence-corrected chi connectivity index (χ2v) is 5.67. The summed E-state index contributed by atoms with van der Waals surface area (Å²) in [5.41, 5.74) is 3.63. The molecule has 1 nitrogen and oxygen atoms in total. The molecule has 0 bridgehead atoms. The predicted molar refractivity (Wildman–Crippen MR) is 106 cm³/mol. The van der Waals surface area contributed by atoms with Crippen molar-refractivity contribution in [1.29, 1.82) is 0 Å². The van der Waals surface area contributed by atoms with Gasteiger partial charge in [0.1, 0.15) is 0 Å². The molecule has 3 aromatic rings. The molecule has 0 spiro atoms. The molecule has 0 aliphatic carbocycles. The molecular weight excluding hydrogens is 290 g/mol. The van der Waals surface area contributed by atoms with Crippen molar-refractivity contribution in [3.8, 4) is 0 Å². The van der Waals surface area contributed by atoms with E-state index in [-0.39, 0.29) is 0 Å². The zero-order valence-corrected chi connectivity index (χ0v) is 13.8. The molecule has 1 heteroatoms. The Kier molecular flexibility index (Phi) is 5.26. The summed E-state index contributed by atoms with van der Waals surface area (Å²) in [6, 6.07) is 23.1. The highest BCUT2D eigenvalue weighted by Gasteiger charge is 1.93. The highest BCUT2D eigenvalue weighted by Crippen LogP contribution is 2.18. The molecule has 0 unspecified atom stereocenters. The maximum atomic E-state index is 3.30. The van der Waals surface area contributed by atoms with Gasteiger partial charge in [-0.05, 0) is 47.0 Å². The molecule has 118 valence electrons. The summed E-state index contributed by atoms with van der Waals surface area (Å²) in [4.78, 5) is 0. The Labute approximate surface area is 143 Å². The molecule has 3 aromatic carbocycles. The molecule has 0 aliphatic heterocycles. The molecule has 0 atom stereocenters. The van der Waals surface area contributed by atoms with Crippen LogP contribution in [0, 0.1) is 6.92 Å². The zero-order chi connectivity index (χ0) is 16.6. The van der Waals surface area contributed by atoms with Crippen LogP contribution in [-0.4, -0.2) is 0 Å². The lowest BCUT2D eigenvalue weighted by molar-refractivity contribution is 1.44. The highest BCUT2D eigenvalue weighted by molar-refractivity contribution is 5.85. The lowest BCUT2D eigenvalue weighted by Crippen LogP contribution is -1.86. The fraction of sp³-hybridized carbons (Fsp3) is 0.0435. The maximum absolute atomic E-state index is 3.30. The number of hydrogen-bond donors (Lipinski definition) is 1. The van der Waals surface area contributed by atoms with Crippen LogP contribution >= 0.6 is 0 Å². The second-order valence-electron chi connectivity index (χ2n) is 5.67. The first-order chi connectivity index (χ1) is 11.8. The standard InChI is InChI=1S/C23H21N/c1-19-10-5-6-12-20(19)11-4-2-3-9-17-24-23-16-15-21-13-7-8-14-22(21)18-23/h2-18,24H,1H3/b3-2-,11-4-,17-9+. The lowest BCUT2D eigenvalue weighted by Gasteiger charge is -2.02. The number of aryl methyl sites for hydroxylation is 1. The summed E-state index contributed by atoms with van der Waals surface area (Å²) >= 11 is 0. The number of allylic oxidation sites excluding steroid dienone is 4. The molecule has 3 rings (SSSR count). The highest BCUT2D eigenvalue weighted by atomic mass is 14.8. The van der Waals surface area contributed by atoms with Gasteiger partial charge in [0.25, 0.3) is 0 Å². The van der Waals surface area contributed by atoms with Crippen molar-refractivity contribution in [2.24, 2.45) is 0 Å². The predicted octanol–water partition coefficient (Wildman–Crippen LogP) is 6.34. The summed E-state index contributed by atoms with van der Waals surface area (Å²) in [6.45, 7) is 2.12. The van der Waals surface area contributed by atoms with E-state index in [4.69, 9.17) is 0 Å². The second kappa shape index (κ2) is 7.98. The van der Waals surface area contributed by atoms with Crippen molar-refractivity contribution >= 4 is 22.5 Å². The molecule has 0 aromatic heterocycles. The summed E-state index contributed by atoms with van der Waals surface area (Å²) in [5.74, 6) is 0. The first kappa shape index (κ1) is 15.8. The van der Waals surface area contributed by atoms with Crippen LogP contribution in [0.15, 0.2) is 97.2 Å². The van der Waals surface area contributed by atoms with E-state index in [9.17, 15) is 0 Å². The van der Waals surface area contributed by atoms with Gasteiger partial charge in [0.15, 0.2) is 0 Å². The quantitative estimate of drug-likeness (QED) is 0.542. The van der Waals surface area contributed by atoms with E-state index in [2.05, 4.69) is 91.1 Å². The summed E-state index contributed by atoms with van der Waals surface area (Å²) < 4.78 is 0. The number of nitrogens with one attached hydrogen (secondary N) is 1. The van der Waals surface area contributed by atoms with Crippen molar-refractivity contribution in [1.82, 2.24) is 0 Å². The van der Waals surface area contributed by atoms with Gasteiger partial charge in [-0.3, -0.25) is 0 Å². The third-order valence-corrected chi connectivity index (χ3v) is 3.89. The number of hydrogen-bond acceptors (Lipinski definition) is 1. The molecule has 0 heterocycles. The summed E-state index contributed by atoms with van der Waals surface area (Å²) in [5, 5.41) is 5.80. The van der Waals surface area contributed by atoms with Gasteiger partial charge in [-0.1, -0.05) is 78.9 Å². The Morgan fingerprint density at radius 3 is 2.33 bits per heavy atom. The minimum absolute atomic E-state index is 1.09. The first-order valence-electron chi connectivity index (χ1n) is 8.14. The van der Waals surface area contributed by atoms with Crippen molar-refractivity contribution in [2.45, 2.75) is 6.92 Å². The van der Waals surface area contributed by atoms with Gasteiger partial charge >= 0.3 is 0 Å². The van der Waals surface area contributed by atoms with Gasteiger partial charge in [0.2, 0.25) is 0 Å². The number of rotatable bonds is 5. The third-order valence-electron chi connectivity index (χ3n) is 3.89. The van der Waals surface area contributed by atoms with E-state index in [1.807, 2.05) is 24.4 Å². The van der Waals surface area contributed by atoms with E-state index >= 15 is 0 Å². The van der Waals surface area contributed by atoms with Crippen molar-refractivity contribution < 1.29 is 0 Å². The average Bonchev–Trinajstić information content (AvgIpc) is 2.62. The van der Waals surface area contributed by atoms with Crippen LogP contribution in [0.25, 0.3) is 16.8 Å². The van der Waals surface area contributed by atoms with Crippen molar-refractivity contribution in [3.63, 3.8) is 0 Å². The van der Waals surface area contributed by atoms with E-state index in [1.54, 1.807) is 0 Å². The third kappa shape index (κ3) is 4.23. The Balaban J connectivity index is 1.55. The molecule has 0 fully saturated rings. The first-order valence-corrected chi connectivity index (χ1v) is 8.14. The summed E-state index contributed by atoms with van der Waals surface area (Å²) in [6.07, 6.45) is 12.2. The largest absolute Gasteiger partial charge is 0.362 e. The SMILES string of the molecule is Cc1ccccc1\C=C/C=C\C=C\Nc1ccc2ccccc2c1. The van der Waals surface area contributed by atoms with Gasteiger partial charge in [-0.15, -0.1) is 0 Å². The van der Waals surface area contributed by atoms with Crippen LogP contribution < -0.4 is 5.32 Å². The monoisotopic (exact) mass is 311 g/mol. The van der Waals surface area contributed by atoms with Crippen LogP contribution in [0.5, 0.6) is 0 Å². The van der Waals surface area contributed by atoms with E-state index in [1.165, 1.54) is 21.9 Å². The fourth-order valence-corrected chi connectivity index (χ4v) is 2.54. The summed E-state index contributed by atoms with van der Waals surface area (Å²) in [7, 11) is 0. The average molecular weight is 311 g/mol. The molecule has 0 saturated heterocycles. The number of anilines is 1. The van der Waals surface area contributed by atoms with Gasteiger partial charge in [0.05, 0.1) is 0 Å². The van der Waals surface area contributed by atoms with Gasteiger partial charge < -0.3 is 5.32 Å². The van der Waals surface area contributed by atoms with Crippen LogP contribution in [0.4, 0.5) is 5.69 Å². The Bertz CT molecular complexity index is 901. The Morgan fingerprint density at radius 1 is 0.708 bits per heavy atom. The van der Waals surface area contributed by atoms with Gasteiger partial charge in [0, 0.05) is 11.9 Å². The van der Waals surface area contributed by atoms with Crippen molar-refractivity contribution in [3.05, 3.63) is 108 Å². The zero-order valence-electron chi connectivity index (χ0n) is 13.8. The lowest BCUT2D eigenvalue weighted by atomic mass is 10.1. The van der Waals surface area contributed by atoms with Crippen molar-refractivity contribution in [2.75, 3.05) is 5.32 Å². The van der Waals surface area contributed by atoms with E-state index in [0.29, 0.717) is 0 Å². The normalized spacial score (nSPS) is 11.9. The van der Waals surface area contributed by atoms with Crippen LogP contribution in [0.1, 0.15) is 11.1 Å². The van der Waals surface area contributed by atoms with Gasteiger partial charge in [-0.2, -0.15) is 0 Å². The molecule has 0 radical (unpaired) electrons. The van der Waals surface area contributed by atoms with E-state index < -0.39 is 0 Å². The van der Waals surface area contributed by atoms with Crippen LogP contribution in [-0.2, 0) is 0 Å². The minimum atomic E-state index is 1.09. The molecule has 0 saturated carbocycles. The topological polar surface area (TPSA) is 12.0 Å². The molecule has 24 heavy (non-hydrogen) atoms. The van der Waals surface area contributed by atoms with Crippen LogP contribution in [0.2, 0.25) is 0 Å². The number of fused-ring (bicyclic) bond motifs is 1. The number of benzene rings is 3. The molecule has 0 amide bonds. The fourth-order valence-electron chi connectivity index (χ4n) is 2.54. The minimum Gasteiger partial charge on any atom is -0.362 e. The maximum Gasteiger partial charge on any atom is 0.0386 e. The molecule has 1 N–H and O–H groups in total. The molecule has 0 aliphatic rings.